The Morgan fingerprint density at radius 3 is 2.53 bits per heavy atom. The van der Waals surface area contributed by atoms with Crippen LogP contribution in [-0.2, 0) is 16.6 Å². The summed E-state index contributed by atoms with van der Waals surface area (Å²) in [7, 11) is -3.35. The third-order valence-corrected chi connectivity index (χ3v) is 5.85. The molecule has 1 saturated heterocycles. The molecule has 0 spiro atoms. The third kappa shape index (κ3) is 7.84. The number of para-hydroxylation sites is 1. The van der Waals surface area contributed by atoms with Gasteiger partial charge in [-0.3, -0.25) is 4.72 Å². The predicted octanol–water partition coefficient (Wildman–Crippen LogP) is 4.09. The zero-order valence-corrected chi connectivity index (χ0v) is 22.1. The van der Waals surface area contributed by atoms with E-state index in [0.717, 1.165) is 31.5 Å². The van der Waals surface area contributed by atoms with Gasteiger partial charge in [-0.25, -0.2) is 13.4 Å². The summed E-state index contributed by atoms with van der Waals surface area (Å²) in [4.78, 5) is 7.12. The summed E-state index contributed by atoms with van der Waals surface area (Å²) in [5.41, 5.74) is 3.84. The number of sulfonamides is 1. The molecule has 0 saturated carbocycles. The standard InChI is InChI=1S/C23H33N5O2S.HI/c1-4-24-23(25-17-20-10-5-6-13-22(20)27-31(3,29)30)26-18(2)19-11-9-12-21(16-19)28-14-7-8-15-28;/h5-6,9-13,16,18,27H,4,7-8,14-15,17H2,1-3H3,(H2,24,25,26);1H. The Morgan fingerprint density at radius 2 is 1.84 bits per heavy atom. The maximum Gasteiger partial charge on any atom is 0.229 e. The van der Waals surface area contributed by atoms with Crippen LogP contribution < -0.4 is 20.3 Å². The van der Waals surface area contributed by atoms with Gasteiger partial charge in [0.2, 0.25) is 10.0 Å². The molecule has 1 fully saturated rings. The summed E-state index contributed by atoms with van der Waals surface area (Å²) in [5, 5.41) is 6.75. The first-order valence-electron chi connectivity index (χ1n) is 10.8. The molecule has 1 heterocycles. The molecule has 0 aromatic heterocycles. The zero-order valence-electron chi connectivity index (χ0n) is 19.0. The largest absolute Gasteiger partial charge is 0.372 e. The number of aliphatic imine (C=N–C) groups is 1. The van der Waals surface area contributed by atoms with Crippen molar-refractivity contribution >= 4 is 51.3 Å². The highest BCUT2D eigenvalue weighted by molar-refractivity contribution is 14.0. The zero-order chi connectivity index (χ0) is 22.3. The van der Waals surface area contributed by atoms with E-state index in [1.165, 1.54) is 24.1 Å². The molecule has 3 rings (SSSR count). The quantitative estimate of drug-likeness (QED) is 0.253. The molecular weight excluding hydrogens is 537 g/mol. The first kappa shape index (κ1) is 26.2. The van der Waals surface area contributed by atoms with Crippen molar-refractivity contribution in [2.75, 3.05) is 35.5 Å². The molecule has 176 valence electrons. The molecule has 1 unspecified atom stereocenters. The molecule has 3 N–H and O–H groups in total. The highest BCUT2D eigenvalue weighted by Crippen LogP contribution is 2.24. The van der Waals surface area contributed by atoms with E-state index < -0.39 is 10.0 Å². The first-order valence-corrected chi connectivity index (χ1v) is 12.7. The summed E-state index contributed by atoms with van der Waals surface area (Å²) >= 11 is 0. The second-order valence-electron chi connectivity index (χ2n) is 7.88. The second-order valence-corrected chi connectivity index (χ2v) is 9.63. The lowest BCUT2D eigenvalue weighted by Gasteiger charge is -2.22. The summed E-state index contributed by atoms with van der Waals surface area (Å²) in [5.74, 6) is 0.690. The molecule has 0 bridgehead atoms. The fourth-order valence-electron chi connectivity index (χ4n) is 3.70. The lowest BCUT2D eigenvalue weighted by Crippen LogP contribution is -2.38. The molecule has 0 radical (unpaired) electrons. The number of nitrogens with zero attached hydrogens (tertiary/aromatic N) is 2. The van der Waals surface area contributed by atoms with Gasteiger partial charge in [-0.2, -0.15) is 0 Å². The van der Waals surface area contributed by atoms with Crippen molar-refractivity contribution < 1.29 is 8.42 Å². The van der Waals surface area contributed by atoms with Crippen LogP contribution in [0.25, 0.3) is 0 Å². The molecule has 7 nitrogen and oxygen atoms in total. The number of rotatable bonds is 8. The van der Waals surface area contributed by atoms with Crippen LogP contribution in [0.2, 0.25) is 0 Å². The van der Waals surface area contributed by atoms with Crippen LogP contribution in [0.4, 0.5) is 11.4 Å². The monoisotopic (exact) mass is 571 g/mol. The van der Waals surface area contributed by atoms with Gasteiger partial charge in [0.05, 0.1) is 24.5 Å². The van der Waals surface area contributed by atoms with E-state index in [-0.39, 0.29) is 30.0 Å². The molecule has 1 atom stereocenters. The summed E-state index contributed by atoms with van der Waals surface area (Å²) in [6, 6.07) is 16.0. The summed E-state index contributed by atoms with van der Waals surface area (Å²) in [6.07, 6.45) is 3.66. The SMILES string of the molecule is CCNC(=NCc1ccccc1NS(C)(=O)=O)NC(C)c1cccc(N2CCCC2)c1.I. The fourth-order valence-corrected chi connectivity index (χ4v) is 4.29. The second kappa shape index (κ2) is 12.3. The van der Waals surface area contributed by atoms with Crippen LogP contribution in [0.5, 0.6) is 0 Å². The number of benzene rings is 2. The highest BCUT2D eigenvalue weighted by atomic mass is 127. The number of hydrogen-bond donors (Lipinski definition) is 3. The average molecular weight is 572 g/mol. The lowest BCUT2D eigenvalue weighted by molar-refractivity contribution is 0.606. The van der Waals surface area contributed by atoms with Crippen LogP contribution in [0, 0.1) is 0 Å². The molecule has 2 aromatic carbocycles. The summed E-state index contributed by atoms with van der Waals surface area (Å²) in [6.45, 7) is 7.47. The number of anilines is 2. The fraction of sp³-hybridized carbons (Fsp3) is 0.435. The van der Waals surface area contributed by atoms with Crippen molar-refractivity contribution in [3.8, 4) is 0 Å². The smallest absolute Gasteiger partial charge is 0.229 e. The van der Waals surface area contributed by atoms with Crippen molar-refractivity contribution in [2.45, 2.75) is 39.3 Å². The van der Waals surface area contributed by atoms with E-state index in [9.17, 15) is 8.42 Å². The number of halogens is 1. The minimum Gasteiger partial charge on any atom is -0.372 e. The van der Waals surface area contributed by atoms with E-state index in [1.807, 2.05) is 19.1 Å². The van der Waals surface area contributed by atoms with Gasteiger partial charge in [0.1, 0.15) is 0 Å². The Balaban J connectivity index is 0.00000363. The molecule has 1 aliphatic rings. The topological polar surface area (TPSA) is 85.8 Å². The van der Waals surface area contributed by atoms with Gasteiger partial charge in [0.15, 0.2) is 5.96 Å². The van der Waals surface area contributed by atoms with E-state index >= 15 is 0 Å². The molecule has 32 heavy (non-hydrogen) atoms. The van der Waals surface area contributed by atoms with Crippen LogP contribution in [-0.4, -0.2) is 40.3 Å². The molecule has 0 aliphatic carbocycles. The van der Waals surface area contributed by atoms with Gasteiger partial charge < -0.3 is 15.5 Å². The third-order valence-electron chi connectivity index (χ3n) is 5.26. The summed E-state index contributed by atoms with van der Waals surface area (Å²) < 4.78 is 25.8. The Bertz CT molecular complexity index is 1010. The van der Waals surface area contributed by atoms with Crippen LogP contribution >= 0.6 is 24.0 Å². The van der Waals surface area contributed by atoms with Crippen molar-refractivity contribution in [1.82, 2.24) is 10.6 Å². The number of nitrogens with one attached hydrogen (secondary N) is 3. The Kier molecular flexibility index (Phi) is 10.1. The maximum absolute atomic E-state index is 11.6. The van der Waals surface area contributed by atoms with Crippen LogP contribution in [0.1, 0.15) is 43.9 Å². The normalized spacial score (nSPS) is 15.1. The van der Waals surface area contributed by atoms with E-state index in [2.05, 4.69) is 56.4 Å². The minimum atomic E-state index is -3.35. The highest BCUT2D eigenvalue weighted by Gasteiger charge is 2.15. The molecule has 0 amide bonds. The number of hydrogen-bond acceptors (Lipinski definition) is 4. The van der Waals surface area contributed by atoms with E-state index in [4.69, 9.17) is 0 Å². The van der Waals surface area contributed by atoms with Gasteiger partial charge in [0.25, 0.3) is 0 Å². The van der Waals surface area contributed by atoms with Gasteiger partial charge in [-0.05, 0) is 56.0 Å². The molecule has 2 aromatic rings. The predicted molar refractivity (Wildman–Crippen MR) is 145 cm³/mol. The van der Waals surface area contributed by atoms with Crippen molar-refractivity contribution in [3.05, 3.63) is 59.7 Å². The first-order chi connectivity index (χ1) is 14.9. The minimum absolute atomic E-state index is 0. The van der Waals surface area contributed by atoms with Gasteiger partial charge >= 0.3 is 0 Å². The average Bonchev–Trinajstić information content (AvgIpc) is 3.27. The Hall–Kier alpha value is -2.01. The van der Waals surface area contributed by atoms with Gasteiger partial charge in [-0.1, -0.05) is 30.3 Å². The van der Waals surface area contributed by atoms with Crippen molar-refractivity contribution in [1.29, 1.82) is 0 Å². The van der Waals surface area contributed by atoms with Gasteiger partial charge in [0, 0.05) is 25.3 Å². The Labute approximate surface area is 209 Å². The number of guanidine groups is 1. The van der Waals surface area contributed by atoms with Crippen molar-refractivity contribution in [2.24, 2.45) is 4.99 Å². The Morgan fingerprint density at radius 1 is 1.12 bits per heavy atom. The van der Waals surface area contributed by atoms with Crippen molar-refractivity contribution in [3.63, 3.8) is 0 Å². The molecule has 9 heteroatoms. The van der Waals surface area contributed by atoms with Crippen LogP contribution in [0.3, 0.4) is 0 Å². The molecule has 1 aliphatic heterocycles. The van der Waals surface area contributed by atoms with Crippen LogP contribution in [0.15, 0.2) is 53.5 Å². The van der Waals surface area contributed by atoms with E-state index in [1.54, 1.807) is 12.1 Å². The van der Waals surface area contributed by atoms with E-state index in [0.29, 0.717) is 18.2 Å². The van der Waals surface area contributed by atoms with Gasteiger partial charge in [-0.15, -0.1) is 24.0 Å². The maximum atomic E-state index is 11.6. The lowest BCUT2D eigenvalue weighted by atomic mass is 10.1. The molecular formula is C23H34IN5O2S.